The molecular formula is C16H21ClN3O+. The van der Waals surface area contributed by atoms with Crippen molar-refractivity contribution in [3.05, 3.63) is 47.5 Å². The minimum Gasteiger partial charge on any atom is -0.383 e. The summed E-state index contributed by atoms with van der Waals surface area (Å²) >= 11 is 5.98. The summed E-state index contributed by atoms with van der Waals surface area (Å²) in [5, 5.41) is 12.1. The summed E-state index contributed by atoms with van der Waals surface area (Å²) in [4.78, 5) is 4.13. The van der Waals surface area contributed by atoms with Crippen LogP contribution in [0, 0.1) is 11.8 Å². The van der Waals surface area contributed by atoms with Crippen LogP contribution in [0.3, 0.4) is 0 Å². The molecule has 112 valence electrons. The van der Waals surface area contributed by atoms with Gasteiger partial charge in [-0.1, -0.05) is 30.7 Å². The summed E-state index contributed by atoms with van der Waals surface area (Å²) in [6, 6.07) is 7.54. The summed E-state index contributed by atoms with van der Waals surface area (Å²) < 4.78 is 3.83. The highest BCUT2D eigenvalue weighted by molar-refractivity contribution is 6.30. The number of hydrogen-bond donors (Lipinski definition) is 1. The Morgan fingerprint density at radius 2 is 2.10 bits per heavy atom. The lowest BCUT2D eigenvalue weighted by Crippen LogP contribution is -2.47. The Morgan fingerprint density at radius 1 is 1.43 bits per heavy atom. The first-order valence-corrected chi connectivity index (χ1v) is 7.73. The van der Waals surface area contributed by atoms with Gasteiger partial charge in [0.1, 0.15) is 12.6 Å². The molecule has 2 aromatic rings. The van der Waals surface area contributed by atoms with Crippen LogP contribution < -0.4 is 4.68 Å². The maximum absolute atomic E-state index is 11.4. The summed E-state index contributed by atoms with van der Waals surface area (Å²) in [5.74, 6) is 0.792. The standard InChI is InChI=1S/C16H21ClN3O/c1-12(13-3-4-13)16(21,9-20-11-18-10-19(20)2)14-5-7-15(17)8-6-14/h5-8,10-13,21H,3-4,9H2,1-2H3/q+1. The van der Waals surface area contributed by atoms with Gasteiger partial charge >= 0.3 is 6.33 Å². The zero-order chi connectivity index (χ0) is 15.0. The van der Waals surface area contributed by atoms with Gasteiger partial charge in [0.25, 0.3) is 0 Å². The number of nitrogens with zero attached hydrogens (tertiary/aromatic N) is 3. The molecule has 0 bridgehead atoms. The molecular weight excluding hydrogens is 286 g/mol. The summed E-state index contributed by atoms with van der Waals surface area (Å²) in [7, 11) is 1.93. The smallest absolute Gasteiger partial charge is 0.306 e. The first-order chi connectivity index (χ1) is 10.0. The van der Waals surface area contributed by atoms with E-state index >= 15 is 0 Å². The Balaban J connectivity index is 1.97. The molecule has 1 N–H and O–H groups in total. The summed E-state index contributed by atoms with van der Waals surface area (Å²) in [6.07, 6.45) is 5.89. The number of benzene rings is 1. The zero-order valence-electron chi connectivity index (χ0n) is 12.4. The molecule has 1 aliphatic rings. The molecule has 2 unspecified atom stereocenters. The second-order valence-electron chi connectivity index (χ2n) is 6.11. The molecule has 21 heavy (non-hydrogen) atoms. The van der Waals surface area contributed by atoms with E-state index in [9.17, 15) is 5.11 Å². The van der Waals surface area contributed by atoms with Gasteiger partial charge in [-0.15, -0.1) is 0 Å². The van der Waals surface area contributed by atoms with Crippen LogP contribution in [0.25, 0.3) is 0 Å². The lowest BCUT2D eigenvalue weighted by atomic mass is 9.79. The van der Waals surface area contributed by atoms with Crippen molar-refractivity contribution in [3.63, 3.8) is 0 Å². The van der Waals surface area contributed by atoms with Crippen LogP contribution in [0.2, 0.25) is 5.02 Å². The highest BCUT2D eigenvalue weighted by Gasteiger charge is 2.45. The Bertz CT molecular complexity index is 621. The quantitative estimate of drug-likeness (QED) is 0.861. The predicted molar refractivity (Wildman–Crippen MR) is 80.6 cm³/mol. The lowest BCUT2D eigenvalue weighted by Gasteiger charge is -2.34. The zero-order valence-corrected chi connectivity index (χ0v) is 13.2. The van der Waals surface area contributed by atoms with Crippen molar-refractivity contribution in [2.24, 2.45) is 18.9 Å². The fraction of sp³-hybridized carbons (Fsp3) is 0.500. The van der Waals surface area contributed by atoms with Gasteiger partial charge in [-0.05, 0) is 47.4 Å². The van der Waals surface area contributed by atoms with Gasteiger partial charge in [0, 0.05) is 5.02 Å². The van der Waals surface area contributed by atoms with Crippen LogP contribution in [0.5, 0.6) is 0 Å². The number of rotatable bonds is 5. The van der Waals surface area contributed by atoms with Crippen molar-refractivity contribution in [2.75, 3.05) is 0 Å². The van der Waals surface area contributed by atoms with E-state index in [1.54, 1.807) is 12.7 Å². The molecule has 1 aromatic carbocycles. The molecule has 0 spiro atoms. The maximum Gasteiger partial charge on any atom is 0.306 e. The van der Waals surface area contributed by atoms with Crippen molar-refractivity contribution >= 4 is 11.6 Å². The number of aryl methyl sites for hydroxylation is 1. The van der Waals surface area contributed by atoms with Crippen molar-refractivity contribution < 1.29 is 9.79 Å². The first-order valence-electron chi connectivity index (χ1n) is 7.35. The third-order valence-electron chi connectivity index (χ3n) is 4.67. The molecule has 0 radical (unpaired) electrons. The summed E-state index contributed by atoms with van der Waals surface area (Å²) in [5.41, 5.74) is 0.00418. The van der Waals surface area contributed by atoms with Gasteiger partial charge in [0.15, 0.2) is 0 Å². The molecule has 0 amide bonds. The Labute approximate surface area is 130 Å². The second kappa shape index (κ2) is 5.43. The topological polar surface area (TPSA) is 41.9 Å². The lowest BCUT2D eigenvalue weighted by molar-refractivity contribution is -0.756. The SMILES string of the molecule is CC(C1CC1)C(O)(Cn1cnc[n+]1C)c1ccc(Cl)cc1. The van der Waals surface area contributed by atoms with Gasteiger partial charge in [-0.2, -0.15) is 9.36 Å². The fourth-order valence-electron chi connectivity index (χ4n) is 2.97. The maximum atomic E-state index is 11.4. The van der Waals surface area contributed by atoms with Crippen LogP contribution in [0.1, 0.15) is 25.3 Å². The fourth-order valence-corrected chi connectivity index (χ4v) is 3.10. The van der Waals surface area contributed by atoms with Crippen molar-refractivity contribution in [2.45, 2.75) is 31.9 Å². The first kappa shape index (κ1) is 14.5. The van der Waals surface area contributed by atoms with E-state index in [1.807, 2.05) is 40.7 Å². The van der Waals surface area contributed by atoms with Gasteiger partial charge in [0.2, 0.25) is 6.33 Å². The second-order valence-corrected chi connectivity index (χ2v) is 6.54. The number of aromatic nitrogens is 3. The highest BCUT2D eigenvalue weighted by Crippen LogP contribution is 2.46. The Kier molecular flexibility index (Phi) is 3.76. The molecule has 5 heteroatoms. The average Bonchev–Trinajstić information content (AvgIpc) is 3.24. The summed E-state index contributed by atoms with van der Waals surface area (Å²) in [6.45, 7) is 2.63. The van der Waals surface area contributed by atoms with Gasteiger partial charge < -0.3 is 5.11 Å². The predicted octanol–water partition coefficient (Wildman–Crippen LogP) is 2.29. The van der Waals surface area contributed by atoms with Crippen LogP contribution >= 0.6 is 11.6 Å². The molecule has 1 fully saturated rings. The third kappa shape index (κ3) is 2.83. The number of hydrogen-bond acceptors (Lipinski definition) is 2. The van der Waals surface area contributed by atoms with Crippen LogP contribution in [-0.2, 0) is 19.2 Å². The molecule has 0 aliphatic heterocycles. The average molecular weight is 307 g/mol. The van der Waals surface area contributed by atoms with E-state index in [0.29, 0.717) is 17.5 Å². The Hall–Kier alpha value is -1.39. The molecule has 0 saturated heterocycles. The molecule has 1 heterocycles. The molecule has 4 nitrogen and oxygen atoms in total. The minimum atomic E-state index is -0.912. The third-order valence-corrected chi connectivity index (χ3v) is 4.92. The van der Waals surface area contributed by atoms with Crippen LogP contribution in [0.15, 0.2) is 36.9 Å². The minimum absolute atomic E-state index is 0.195. The molecule has 3 rings (SSSR count). The van der Waals surface area contributed by atoms with Crippen LogP contribution in [-0.4, -0.2) is 14.8 Å². The number of halogens is 1. The normalized spacial score (nSPS) is 19.2. The molecule has 1 aliphatic carbocycles. The van der Waals surface area contributed by atoms with Crippen molar-refractivity contribution in [1.29, 1.82) is 0 Å². The van der Waals surface area contributed by atoms with Gasteiger partial charge in [-0.25, -0.2) is 0 Å². The largest absolute Gasteiger partial charge is 0.383 e. The van der Waals surface area contributed by atoms with E-state index < -0.39 is 5.60 Å². The molecule has 1 aromatic heterocycles. The van der Waals surface area contributed by atoms with Crippen molar-refractivity contribution in [3.8, 4) is 0 Å². The molecule has 1 saturated carbocycles. The molecule has 2 atom stereocenters. The van der Waals surface area contributed by atoms with Crippen LogP contribution in [0.4, 0.5) is 0 Å². The Morgan fingerprint density at radius 3 is 2.62 bits per heavy atom. The van der Waals surface area contributed by atoms with E-state index in [1.165, 1.54) is 12.8 Å². The van der Waals surface area contributed by atoms with E-state index in [-0.39, 0.29) is 5.92 Å². The van der Waals surface area contributed by atoms with Gasteiger partial charge in [0.05, 0.1) is 6.54 Å². The van der Waals surface area contributed by atoms with Gasteiger partial charge in [-0.3, -0.25) is 0 Å². The van der Waals surface area contributed by atoms with E-state index in [4.69, 9.17) is 11.6 Å². The van der Waals surface area contributed by atoms with Crippen molar-refractivity contribution in [1.82, 2.24) is 9.67 Å². The number of aliphatic hydroxyl groups is 1. The van der Waals surface area contributed by atoms with E-state index in [2.05, 4.69) is 11.9 Å². The monoisotopic (exact) mass is 306 g/mol. The van der Waals surface area contributed by atoms with E-state index in [0.717, 1.165) is 5.56 Å². The highest BCUT2D eigenvalue weighted by atomic mass is 35.5.